The zero-order valence-electron chi connectivity index (χ0n) is 11.5. The maximum atomic E-state index is 12.9. The number of rotatable bonds is 8. The highest BCUT2D eigenvalue weighted by Crippen LogP contribution is 2.56. The number of carbonyl (C=O) groups is 1. The second kappa shape index (κ2) is 7.98. The summed E-state index contributed by atoms with van der Waals surface area (Å²) in [4.78, 5) is 10.5. The third-order valence-electron chi connectivity index (χ3n) is 2.01. The standard InChI is InChI=1S/C10H14F6NO4P/c1-3-20-22(19,21-4-2)8(10(14,15)16)17-6-5-7(18)9(11,12)13/h5-6,8,17H,3-4H2,1-2H3/b6-5+/t8-/m0/s1. The Kier molecular flexibility index (Phi) is 7.60. The molecular weight excluding hydrogens is 343 g/mol. The third-order valence-corrected chi connectivity index (χ3v) is 4.32. The monoisotopic (exact) mass is 357 g/mol. The van der Waals surface area contributed by atoms with Gasteiger partial charge in [0.25, 0.3) is 5.78 Å². The fraction of sp³-hybridized carbons (Fsp3) is 0.700. The van der Waals surface area contributed by atoms with Crippen molar-refractivity contribution in [2.45, 2.75) is 32.0 Å². The molecule has 5 nitrogen and oxygen atoms in total. The average Bonchev–Trinajstić information content (AvgIpc) is 2.31. The quantitative estimate of drug-likeness (QED) is 0.410. The lowest BCUT2D eigenvalue weighted by Crippen LogP contribution is -2.40. The molecule has 0 saturated heterocycles. The topological polar surface area (TPSA) is 64.6 Å². The molecule has 0 spiro atoms. The molecule has 22 heavy (non-hydrogen) atoms. The van der Waals surface area contributed by atoms with Gasteiger partial charge in [0, 0.05) is 12.3 Å². The van der Waals surface area contributed by atoms with Crippen molar-refractivity contribution in [1.82, 2.24) is 5.32 Å². The van der Waals surface area contributed by atoms with E-state index in [9.17, 15) is 35.7 Å². The number of carbonyl (C=O) groups excluding carboxylic acids is 1. The average molecular weight is 357 g/mol. The number of ketones is 1. The van der Waals surface area contributed by atoms with E-state index in [1.165, 1.54) is 19.2 Å². The van der Waals surface area contributed by atoms with Crippen LogP contribution in [0.4, 0.5) is 26.3 Å². The molecule has 130 valence electrons. The van der Waals surface area contributed by atoms with E-state index in [1.807, 2.05) is 0 Å². The van der Waals surface area contributed by atoms with Crippen LogP contribution >= 0.6 is 7.60 Å². The Morgan fingerprint density at radius 3 is 1.91 bits per heavy atom. The van der Waals surface area contributed by atoms with Crippen LogP contribution in [0.2, 0.25) is 0 Å². The summed E-state index contributed by atoms with van der Waals surface area (Å²) in [6.45, 7) is 1.78. The summed E-state index contributed by atoms with van der Waals surface area (Å²) in [5.74, 6) is -5.28. The predicted molar refractivity (Wildman–Crippen MR) is 64.0 cm³/mol. The molecule has 0 aliphatic heterocycles. The number of hydrogen-bond donors (Lipinski definition) is 1. The van der Waals surface area contributed by atoms with Crippen LogP contribution in [-0.4, -0.2) is 37.1 Å². The first-order valence-corrected chi connectivity index (χ1v) is 7.49. The van der Waals surface area contributed by atoms with E-state index in [1.54, 1.807) is 0 Å². The molecule has 0 aliphatic rings. The van der Waals surface area contributed by atoms with Gasteiger partial charge in [-0.2, -0.15) is 26.3 Å². The van der Waals surface area contributed by atoms with E-state index in [0.29, 0.717) is 0 Å². The number of hydrogen-bond acceptors (Lipinski definition) is 5. The Balaban J connectivity index is 5.28. The number of allylic oxidation sites excluding steroid dienone is 1. The van der Waals surface area contributed by atoms with Gasteiger partial charge < -0.3 is 14.4 Å². The molecule has 0 aliphatic carbocycles. The molecule has 0 saturated carbocycles. The van der Waals surface area contributed by atoms with Crippen LogP contribution < -0.4 is 5.32 Å². The van der Waals surface area contributed by atoms with Crippen molar-refractivity contribution in [1.29, 1.82) is 0 Å². The van der Waals surface area contributed by atoms with Crippen molar-refractivity contribution in [3.05, 3.63) is 12.3 Å². The van der Waals surface area contributed by atoms with E-state index < -0.39 is 31.5 Å². The van der Waals surface area contributed by atoms with Crippen LogP contribution in [0, 0.1) is 0 Å². The predicted octanol–water partition coefficient (Wildman–Crippen LogP) is 3.38. The molecule has 0 amide bonds. The molecule has 0 rings (SSSR count). The lowest BCUT2D eigenvalue weighted by molar-refractivity contribution is -0.165. The van der Waals surface area contributed by atoms with Crippen molar-refractivity contribution in [3.63, 3.8) is 0 Å². The van der Waals surface area contributed by atoms with Crippen LogP contribution in [0.15, 0.2) is 12.3 Å². The highest BCUT2D eigenvalue weighted by Gasteiger charge is 2.53. The lowest BCUT2D eigenvalue weighted by atomic mass is 10.4. The first kappa shape index (κ1) is 20.9. The highest BCUT2D eigenvalue weighted by atomic mass is 31.2. The Morgan fingerprint density at radius 1 is 1.14 bits per heavy atom. The van der Waals surface area contributed by atoms with E-state index in [0.717, 1.165) is 0 Å². The Hall–Kier alpha value is -1.06. The largest absolute Gasteiger partial charge is 0.454 e. The van der Waals surface area contributed by atoms with E-state index in [2.05, 4.69) is 9.05 Å². The minimum absolute atomic E-state index is 0.110. The van der Waals surface area contributed by atoms with Crippen LogP contribution in [0.25, 0.3) is 0 Å². The van der Waals surface area contributed by atoms with Crippen molar-refractivity contribution < 1.29 is 44.7 Å². The molecule has 0 bridgehead atoms. The Bertz CT molecular complexity index is 438. The zero-order valence-corrected chi connectivity index (χ0v) is 12.4. The molecular formula is C10H14F6NO4P. The molecule has 1 atom stereocenters. The van der Waals surface area contributed by atoms with Crippen molar-refractivity contribution >= 4 is 13.4 Å². The van der Waals surface area contributed by atoms with Crippen molar-refractivity contribution in [2.75, 3.05) is 13.2 Å². The lowest BCUT2D eigenvalue weighted by Gasteiger charge is -2.27. The summed E-state index contributed by atoms with van der Waals surface area (Å²) in [7, 11) is -4.73. The van der Waals surface area contributed by atoms with E-state index in [4.69, 9.17) is 0 Å². The number of halogens is 6. The molecule has 0 radical (unpaired) electrons. The third kappa shape index (κ3) is 6.37. The molecule has 0 aromatic rings. The van der Waals surface area contributed by atoms with Gasteiger partial charge >= 0.3 is 19.9 Å². The summed E-state index contributed by atoms with van der Waals surface area (Å²) < 4.78 is 95.5. The molecule has 12 heteroatoms. The second-order valence-corrected chi connectivity index (χ2v) is 5.79. The first-order valence-electron chi connectivity index (χ1n) is 5.87. The summed E-state index contributed by atoms with van der Waals surface area (Å²) in [5, 5.41) is 1.43. The number of alkyl halides is 6. The van der Waals surface area contributed by atoms with Gasteiger partial charge in [0.05, 0.1) is 13.2 Å². The smallest absolute Gasteiger partial charge is 0.370 e. The van der Waals surface area contributed by atoms with E-state index >= 15 is 0 Å². The minimum Gasteiger partial charge on any atom is -0.370 e. The van der Waals surface area contributed by atoms with Gasteiger partial charge in [-0.15, -0.1) is 0 Å². The fourth-order valence-electron chi connectivity index (χ4n) is 1.22. The highest BCUT2D eigenvalue weighted by molar-refractivity contribution is 7.54. The van der Waals surface area contributed by atoms with Crippen molar-refractivity contribution in [2.24, 2.45) is 0 Å². The molecule has 0 fully saturated rings. The Labute approximate surface area is 122 Å². The summed E-state index contributed by atoms with van der Waals surface area (Å²) in [5.41, 5.74) is 0. The van der Waals surface area contributed by atoms with Gasteiger partial charge in [0.15, 0.2) is 0 Å². The molecule has 0 aromatic carbocycles. The molecule has 0 aromatic heterocycles. The second-order valence-electron chi connectivity index (χ2n) is 3.68. The summed E-state index contributed by atoms with van der Waals surface area (Å²) >= 11 is 0. The zero-order chi connectivity index (χ0) is 17.6. The van der Waals surface area contributed by atoms with Gasteiger partial charge in [0.2, 0.25) is 5.78 Å². The van der Waals surface area contributed by atoms with Crippen LogP contribution in [0.5, 0.6) is 0 Å². The fourth-order valence-corrected chi connectivity index (χ4v) is 2.94. The van der Waals surface area contributed by atoms with E-state index in [-0.39, 0.29) is 25.5 Å². The maximum Gasteiger partial charge on any atom is 0.454 e. The van der Waals surface area contributed by atoms with Gasteiger partial charge in [0.1, 0.15) is 0 Å². The van der Waals surface area contributed by atoms with Crippen LogP contribution in [0.1, 0.15) is 13.8 Å². The Morgan fingerprint density at radius 2 is 1.59 bits per heavy atom. The maximum absolute atomic E-state index is 12.9. The molecule has 1 N–H and O–H groups in total. The van der Waals surface area contributed by atoms with Gasteiger partial charge in [-0.25, -0.2) is 0 Å². The summed E-state index contributed by atoms with van der Waals surface area (Å²) in [6, 6.07) is 0. The van der Waals surface area contributed by atoms with Gasteiger partial charge in [-0.05, 0) is 13.8 Å². The molecule has 0 heterocycles. The SMILES string of the molecule is CCOP(=O)(OCC)[C@H](N/C=C/C(=O)C(F)(F)F)C(F)(F)F. The van der Waals surface area contributed by atoms with Crippen LogP contribution in [0.3, 0.4) is 0 Å². The minimum atomic E-state index is -5.23. The van der Waals surface area contributed by atoms with Crippen molar-refractivity contribution in [3.8, 4) is 0 Å². The molecule has 0 unspecified atom stereocenters. The van der Waals surface area contributed by atoms with Gasteiger partial charge in [-0.1, -0.05) is 0 Å². The van der Waals surface area contributed by atoms with Crippen LogP contribution in [-0.2, 0) is 18.4 Å². The normalized spacial score (nSPS) is 15.1. The first-order chi connectivity index (χ1) is 9.88. The van der Waals surface area contributed by atoms with Gasteiger partial charge in [-0.3, -0.25) is 9.36 Å². The summed E-state index contributed by atoms with van der Waals surface area (Å²) in [6.07, 6.45) is -10.4. The number of nitrogens with one attached hydrogen (secondary N) is 1.